The lowest BCUT2D eigenvalue weighted by Crippen LogP contribution is -2.11. The summed E-state index contributed by atoms with van der Waals surface area (Å²) >= 11 is 0. The van der Waals surface area contributed by atoms with Gasteiger partial charge in [-0.1, -0.05) is 150 Å². The second kappa shape index (κ2) is 13.2. The lowest BCUT2D eigenvalue weighted by Gasteiger charge is -2.21. The minimum absolute atomic E-state index is 0.0521. The second-order valence-electron chi connectivity index (χ2n) is 20.3. The molecule has 0 spiro atoms. The summed E-state index contributed by atoms with van der Waals surface area (Å²) in [5.41, 5.74) is 13.9. The quantitative estimate of drug-likeness (QED) is 0.165. The number of hydrogen-bond donors (Lipinski definition) is 0. The predicted molar refractivity (Wildman–Crippen MR) is 246 cm³/mol. The van der Waals surface area contributed by atoms with Crippen LogP contribution in [0.5, 0.6) is 0 Å². The van der Waals surface area contributed by atoms with E-state index in [0.29, 0.717) is 11.3 Å². The SMILES string of the molecule is [C-]#[N+]c1ccc(-c2ccc(C#N)c(-n3c4cc(C(C)(C)C)ccc4c4ccc(C(C)(C)C)cc43)c2)cc1-n1c2cc(C(C)(C)C)ccc2c2ccc(C(C)(C)C)cc21. The van der Waals surface area contributed by atoms with E-state index in [-0.39, 0.29) is 21.7 Å². The maximum absolute atomic E-state index is 10.7. The summed E-state index contributed by atoms with van der Waals surface area (Å²) in [5.74, 6) is 0. The first-order valence-corrected chi connectivity index (χ1v) is 20.4. The highest BCUT2D eigenvalue weighted by Gasteiger charge is 2.25. The molecule has 0 radical (unpaired) electrons. The first-order chi connectivity index (χ1) is 27.2. The van der Waals surface area contributed by atoms with Gasteiger partial charge in [0.2, 0.25) is 5.69 Å². The summed E-state index contributed by atoms with van der Waals surface area (Å²) in [6, 6.07) is 42.1. The Kier molecular flexibility index (Phi) is 8.84. The van der Waals surface area contributed by atoms with Crippen molar-refractivity contribution in [2.45, 2.75) is 105 Å². The largest absolute Gasteiger partial charge is 0.319 e. The average Bonchev–Trinajstić information content (AvgIpc) is 3.67. The molecule has 0 amide bonds. The molecule has 0 aliphatic heterocycles. The number of fused-ring (bicyclic) bond motifs is 6. The van der Waals surface area contributed by atoms with Crippen molar-refractivity contribution in [3.05, 3.63) is 148 Å². The van der Waals surface area contributed by atoms with Gasteiger partial charge in [-0.3, -0.25) is 0 Å². The van der Waals surface area contributed by atoms with Gasteiger partial charge in [0.25, 0.3) is 0 Å². The van der Waals surface area contributed by atoms with E-state index < -0.39 is 0 Å². The Bertz CT molecular complexity index is 2700. The zero-order valence-electron chi connectivity index (χ0n) is 36.2. The monoisotopic (exact) mass is 758 g/mol. The average molecular weight is 759 g/mol. The van der Waals surface area contributed by atoms with Gasteiger partial charge in [-0.2, -0.15) is 5.26 Å². The zero-order valence-corrected chi connectivity index (χ0v) is 36.2. The van der Waals surface area contributed by atoms with Gasteiger partial charge in [-0.05, 0) is 97.5 Å². The Morgan fingerprint density at radius 1 is 0.431 bits per heavy atom. The van der Waals surface area contributed by atoms with E-state index >= 15 is 0 Å². The minimum Gasteiger partial charge on any atom is -0.319 e. The fourth-order valence-electron chi connectivity index (χ4n) is 8.39. The van der Waals surface area contributed by atoms with Crippen LogP contribution in [0.3, 0.4) is 0 Å². The van der Waals surface area contributed by atoms with Crippen LogP contribution in [0, 0.1) is 17.9 Å². The molecule has 8 rings (SSSR count). The van der Waals surface area contributed by atoms with Gasteiger partial charge in [-0.25, -0.2) is 4.85 Å². The van der Waals surface area contributed by atoms with Gasteiger partial charge in [-0.15, -0.1) is 0 Å². The molecular weight excluding hydrogens is 705 g/mol. The van der Waals surface area contributed by atoms with Crippen molar-refractivity contribution in [2.75, 3.05) is 0 Å². The summed E-state index contributed by atoms with van der Waals surface area (Å²) in [5, 5.41) is 15.4. The summed E-state index contributed by atoms with van der Waals surface area (Å²) in [6.07, 6.45) is 0. The van der Waals surface area contributed by atoms with Crippen LogP contribution >= 0.6 is 0 Å². The van der Waals surface area contributed by atoms with Crippen molar-refractivity contribution in [2.24, 2.45) is 0 Å². The second-order valence-corrected chi connectivity index (χ2v) is 20.3. The molecule has 4 nitrogen and oxygen atoms in total. The van der Waals surface area contributed by atoms with Gasteiger partial charge in [0.15, 0.2) is 0 Å². The molecule has 6 aromatic carbocycles. The molecule has 0 aliphatic carbocycles. The van der Waals surface area contributed by atoms with Crippen molar-refractivity contribution in [1.29, 1.82) is 5.26 Å². The lowest BCUT2D eigenvalue weighted by atomic mass is 9.86. The Morgan fingerprint density at radius 3 is 1.09 bits per heavy atom. The highest BCUT2D eigenvalue weighted by molar-refractivity contribution is 6.11. The molecular formula is C54H54N4. The van der Waals surface area contributed by atoms with Crippen LogP contribution in [0.4, 0.5) is 5.69 Å². The molecule has 2 heterocycles. The number of rotatable bonds is 3. The van der Waals surface area contributed by atoms with E-state index in [0.717, 1.165) is 55.3 Å². The van der Waals surface area contributed by atoms with Crippen LogP contribution in [0.15, 0.2) is 109 Å². The van der Waals surface area contributed by atoms with Crippen molar-refractivity contribution in [3.8, 4) is 28.6 Å². The highest BCUT2D eigenvalue weighted by atomic mass is 15.0. The number of aromatic nitrogens is 2. The molecule has 8 aromatic rings. The maximum Gasteiger partial charge on any atom is 0.210 e. The molecule has 2 aromatic heterocycles. The van der Waals surface area contributed by atoms with Gasteiger partial charge >= 0.3 is 0 Å². The van der Waals surface area contributed by atoms with E-state index in [1.54, 1.807) is 0 Å². The molecule has 0 saturated heterocycles. The van der Waals surface area contributed by atoms with Gasteiger partial charge in [0.05, 0.1) is 45.6 Å². The molecule has 0 aliphatic rings. The summed E-state index contributed by atoms with van der Waals surface area (Å²) in [7, 11) is 0. The molecule has 0 bridgehead atoms. The molecule has 0 fully saturated rings. The molecule has 0 saturated carbocycles. The third-order valence-corrected chi connectivity index (χ3v) is 12.0. The smallest absolute Gasteiger partial charge is 0.210 e. The lowest BCUT2D eigenvalue weighted by molar-refractivity contribution is 0.590. The number of nitriles is 1. The van der Waals surface area contributed by atoms with Crippen molar-refractivity contribution < 1.29 is 0 Å². The van der Waals surface area contributed by atoms with Crippen LogP contribution in [0.25, 0.3) is 71.0 Å². The standard InChI is InChI=1S/C54H54N4/c1-51(2,3)36-17-21-40-41-22-18-37(52(4,5)6)29-47(41)57(46(40)28-36)45-26-33(14-15-35(45)32-55)34-16-25-44(56-13)50(27-34)58-48-30-38(53(7,8)9)19-23-42(48)43-24-20-39(31-49(43)58)54(10,11)12/h14-31H,1-12H3. The number of benzene rings is 6. The Labute approximate surface area is 344 Å². The molecule has 0 unspecified atom stereocenters. The Hall–Kier alpha value is -6.10. The number of nitrogens with zero attached hydrogens (tertiary/aromatic N) is 4. The molecule has 290 valence electrons. The first-order valence-electron chi connectivity index (χ1n) is 20.4. The van der Waals surface area contributed by atoms with Crippen molar-refractivity contribution >= 4 is 49.3 Å². The van der Waals surface area contributed by atoms with Gasteiger partial charge in [0.1, 0.15) is 6.07 Å². The third kappa shape index (κ3) is 6.46. The highest BCUT2D eigenvalue weighted by Crippen LogP contribution is 2.43. The van der Waals surface area contributed by atoms with E-state index in [9.17, 15) is 5.26 Å². The van der Waals surface area contributed by atoms with Gasteiger partial charge in [0, 0.05) is 21.5 Å². The zero-order chi connectivity index (χ0) is 41.7. The van der Waals surface area contributed by atoms with Crippen LogP contribution in [-0.4, -0.2) is 9.13 Å². The molecule has 0 atom stereocenters. The van der Waals surface area contributed by atoms with Crippen molar-refractivity contribution in [1.82, 2.24) is 9.13 Å². The topological polar surface area (TPSA) is 38.0 Å². The molecule has 0 N–H and O–H groups in total. The maximum atomic E-state index is 10.7. The van der Waals surface area contributed by atoms with Crippen LogP contribution in [-0.2, 0) is 21.7 Å². The van der Waals surface area contributed by atoms with Crippen LogP contribution < -0.4 is 0 Å². The van der Waals surface area contributed by atoms with E-state index in [4.69, 9.17) is 6.57 Å². The Morgan fingerprint density at radius 2 is 0.759 bits per heavy atom. The minimum atomic E-state index is -0.0545. The van der Waals surface area contributed by atoms with Gasteiger partial charge < -0.3 is 9.13 Å². The van der Waals surface area contributed by atoms with Crippen LogP contribution in [0.1, 0.15) is 111 Å². The Balaban J connectivity index is 1.42. The fourth-order valence-corrected chi connectivity index (χ4v) is 8.39. The van der Waals surface area contributed by atoms with Crippen molar-refractivity contribution in [3.63, 3.8) is 0 Å². The molecule has 58 heavy (non-hydrogen) atoms. The van der Waals surface area contributed by atoms with E-state index in [1.165, 1.54) is 33.0 Å². The molecule has 4 heteroatoms. The van der Waals surface area contributed by atoms with E-state index in [2.05, 4.69) is 200 Å². The first kappa shape index (κ1) is 38.8. The summed E-state index contributed by atoms with van der Waals surface area (Å²) in [4.78, 5) is 4.11. The number of hydrogen-bond acceptors (Lipinski definition) is 1. The van der Waals surface area contributed by atoms with Crippen LogP contribution in [0.2, 0.25) is 0 Å². The van der Waals surface area contributed by atoms with E-state index in [1.807, 2.05) is 12.1 Å². The third-order valence-electron chi connectivity index (χ3n) is 12.0. The normalized spacial score (nSPS) is 12.8. The predicted octanol–water partition coefficient (Wildman–Crippen LogP) is 15.2. The summed E-state index contributed by atoms with van der Waals surface area (Å²) in [6.45, 7) is 35.4. The fraction of sp³-hybridized carbons (Fsp3) is 0.296. The summed E-state index contributed by atoms with van der Waals surface area (Å²) < 4.78 is 4.62.